The Morgan fingerprint density at radius 3 is 2.75 bits per heavy atom. The molecule has 28 heavy (non-hydrogen) atoms. The highest BCUT2D eigenvalue weighted by Gasteiger charge is 2.26. The third kappa shape index (κ3) is 4.24. The summed E-state index contributed by atoms with van der Waals surface area (Å²) in [6.07, 6.45) is 10.9. The number of benzene rings is 1. The fraction of sp³-hybridized carbons (Fsp3) is 0.381. The molecule has 1 aliphatic rings. The summed E-state index contributed by atoms with van der Waals surface area (Å²) < 4.78 is 3.95. The smallest absolute Gasteiger partial charge is 0.193 e. The summed E-state index contributed by atoms with van der Waals surface area (Å²) >= 11 is 0. The van der Waals surface area contributed by atoms with Gasteiger partial charge in [-0.3, -0.25) is 9.67 Å². The molecule has 1 unspecified atom stereocenters. The summed E-state index contributed by atoms with van der Waals surface area (Å²) in [5.74, 6) is 1.49. The Kier molecular flexibility index (Phi) is 5.41. The first-order valence-corrected chi connectivity index (χ1v) is 9.69. The van der Waals surface area contributed by atoms with E-state index in [1.54, 1.807) is 6.20 Å². The number of imidazole rings is 1. The van der Waals surface area contributed by atoms with Gasteiger partial charge in [0.2, 0.25) is 0 Å². The molecule has 3 aromatic rings. The van der Waals surface area contributed by atoms with Gasteiger partial charge in [-0.2, -0.15) is 5.10 Å². The third-order valence-corrected chi connectivity index (χ3v) is 5.29. The predicted octanol–water partition coefficient (Wildman–Crippen LogP) is 2.23. The molecule has 1 N–H and O–H groups in total. The van der Waals surface area contributed by atoms with Gasteiger partial charge in [0.1, 0.15) is 0 Å². The molecule has 7 nitrogen and oxygen atoms in total. The van der Waals surface area contributed by atoms with Crippen molar-refractivity contribution in [1.29, 1.82) is 0 Å². The second-order valence-electron chi connectivity index (χ2n) is 7.33. The predicted molar refractivity (Wildman–Crippen MR) is 110 cm³/mol. The largest absolute Gasteiger partial charge is 0.352 e. The van der Waals surface area contributed by atoms with Gasteiger partial charge in [0.15, 0.2) is 5.96 Å². The lowest BCUT2D eigenvalue weighted by Gasteiger charge is -2.21. The van der Waals surface area contributed by atoms with Crippen molar-refractivity contribution in [2.24, 2.45) is 12.0 Å². The molecule has 1 atom stereocenters. The normalized spacial score (nSPS) is 17.3. The van der Waals surface area contributed by atoms with Gasteiger partial charge in [0.25, 0.3) is 0 Å². The van der Waals surface area contributed by atoms with Crippen molar-refractivity contribution >= 4 is 5.96 Å². The summed E-state index contributed by atoms with van der Waals surface area (Å²) in [7, 11) is 3.82. The van der Waals surface area contributed by atoms with Crippen molar-refractivity contribution < 1.29 is 0 Å². The van der Waals surface area contributed by atoms with Crippen molar-refractivity contribution in [3.05, 3.63) is 72.1 Å². The van der Waals surface area contributed by atoms with Crippen LogP contribution in [-0.4, -0.2) is 50.3 Å². The Labute approximate surface area is 165 Å². The summed E-state index contributed by atoms with van der Waals surface area (Å²) in [5.41, 5.74) is 3.83. The summed E-state index contributed by atoms with van der Waals surface area (Å²) in [5, 5.41) is 7.81. The zero-order valence-electron chi connectivity index (χ0n) is 16.5. The highest BCUT2D eigenvalue weighted by atomic mass is 15.3. The summed E-state index contributed by atoms with van der Waals surface area (Å²) in [6, 6.07) is 8.70. The van der Waals surface area contributed by atoms with Crippen LogP contribution in [0.5, 0.6) is 0 Å². The molecule has 1 aliphatic heterocycles. The number of aryl methyl sites for hydroxylation is 1. The minimum absolute atomic E-state index is 0.523. The summed E-state index contributed by atoms with van der Waals surface area (Å²) in [4.78, 5) is 10.9. The quantitative estimate of drug-likeness (QED) is 0.547. The average Bonchev–Trinajstić information content (AvgIpc) is 3.46. The van der Waals surface area contributed by atoms with Crippen LogP contribution in [0.2, 0.25) is 0 Å². The number of nitrogens with zero attached hydrogens (tertiary/aromatic N) is 6. The van der Waals surface area contributed by atoms with E-state index in [2.05, 4.69) is 60.3 Å². The van der Waals surface area contributed by atoms with Crippen LogP contribution in [0.15, 0.2) is 60.4 Å². The van der Waals surface area contributed by atoms with Crippen LogP contribution >= 0.6 is 0 Å². The van der Waals surface area contributed by atoms with Crippen molar-refractivity contribution in [2.75, 3.05) is 20.1 Å². The van der Waals surface area contributed by atoms with Gasteiger partial charge in [-0.05, 0) is 23.1 Å². The number of aliphatic imine (C=N–C) groups is 1. The van der Waals surface area contributed by atoms with Gasteiger partial charge in [-0.25, -0.2) is 4.98 Å². The maximum atomic E-state index is 4.49. The second kappa shape index (κ2) is 8.29. The molecule has 4 rings (SSSR count). The molecule has 1 fully saturated rings. The molecule has 146 valence electrons. The van der Waals surface area contributed by atoms with Crippen molar-refractivity contribution in [3.63, 3.8) is 0 Å². The highest BCUT2D eigenvalue weighted by Crippen LogP contribution is 2.26. The van der Waals surface area contributed by atoms with Crippen LogP contribution < -0.4 is 5.32 Å². The first-order valence-electron chi connectivity index (χ1n) is 9.69. The highest BCUT2D eigenvalue weighted by molar-refractivity contribution is 5.80. The van der Waals surface area contributed by atoms with Crippen LogP contribution in [0.4, 0.5) is 0 Å². The zero-order chi connectivity index (χ0) is 19.3. The number of aromatic nitrogens is 4. The van der Waals surface area contributed by atoms with E-state index in [-0.39, 0.29) is 0 Å². The Bertz CT molecular complexity index is 909. The minimum Gasteiger partial charge on any atom is -0.352 e. The van der Waals surface area contributed by atoms with E-state index in [1.807, 2.05) is 37.5 Å². The van der Waals surface area contributed by atoms with E-state index in [1.165, 1.54) is 16.7 Å². The number of likely N-dealkylation sites (tertiary alicyclic amines) is 1. The van der Waals surface area contributed by atoms with Crippen LogP contribution in [0.25, 0.3) is 0 Å². The first kappa shape index (κ1) is 18.3. The molecule has 0 saturated carbocycles. The maximum absolute atomic E-state index is 4.49. The lowest BCUT2D eigenvalue weighted by Crippen LogP contribution is -2.39. The van der Waals surface area contributed by atoms with E-state index in [0.29, 0.717) is 5.92 Å². The Hall–Kier alpha value is -3.09. The van der Waals surface area contributed by atoms with Crippen molar-refractivity contribution in [1.82, 2.24) is 29.5 Å². The average molecular weight is 377 g/mol. The molecule has 0 bridgehead atoms. The Balaban J connectivity index is 1.31. The van der Waals surface area contributed by atoms with E-state index >= 15 is 0 Å². The molecule has 0 spiro atoms. The van der Waals surface area contributed by atoms with Crippen LogP contribution in [0, 0.1) is 0 Å². The molecule has 2 aromatic heterocycles. The van der Waals surface area contributed by atoms with Crippen LogP contribution in [0.3, 0.4) is 0 Å². The summed E-state index contributed by atoms with van der Waals surface area (Å²) in [6.45, 7) is 3.61. The van der Waals surface area contributed by atoms with Crippen LogP contribution in [0.1, 0.15) is 29.0 Å². The maximum Gasteiger partial charge on any atom is 0.193 e. The third-order valence-electron chi connectivity index (χ3n) is 5.29. The molecule has 0 amide bonds. The van der Waals surface area contributed by atoms with E-state index in [0.717, 1.165) is 38.6 Å². The molecule has 7 heteroatoms. The SMILES string of the molecule is CN=C(NCc1ccc(Cn2ccnc2)cc1)N1CCC(c2cnn(C)c2)C1. The van der Waals surface area contributed by atoms with Gasteiger partial charge < -0.3 is 14.8 Å². The zero-order valence-corrected chi connectivity index (χ0v) is 16.5. The van der Waals surface area contributed by atoms with Crippen LogP contribution in [-0.2, 0) is 20.1 Å². The topological polar surface area (TPSA) is 63.3 Å². The molecule has 3 heterocycles. The van der Waals surface area contributed by atoms with E-state index in [4.69, 9.17) is 0 Å². The minimum atomic E-state index is 0.523. The lowest BCUT2D eigenvalue weighted by atomic mass is 10.0. The number of hydrogen-bond acceptors (Lipinski definition) is 3. The van der Waals surface area contributed by atoms with Gasteiger partial charge in [-0.15, -0.1) is 0 Å². The first-order chi connectivity index (χ1) is 13.7. The standard InChI is InChI=1S/C21H27N7/c1-22-21(28-9-7-19(15-28)20-12-25-26(2)14-20)24-11-17-3-5-18(6-4-17)13-27-10-8-23-16-27/h3-6,8,10,12,14,16,19H,7,9,11,13,15H2,1-2H3,(H,22,24). The monoisotopic (exact) mass is 377 g/mol. The van der Waals surface area contributed by atoms with E-state index < -0.39 is 0 Å². The fourth-order valence-corrected chi connectivity index (χ4v) is 3.74. The number of rotatable bonds is 5. The van der Waals surface area contributed by atoms with Crippen molar-refractivity contribution in [3.8, 4) is 0 Å². The van der Waals surface area contributed by atoms with Gasteiger partial charge >= 0.3 is 0 Å². The lowest BCUT2D eigenvalue weighted by molar-refractivity contribution is 0.486. The van der Waals surface area contributed by atoms with Gasteiger partial charge in [-0.1, -0.05) is 24.3 Å². The molecular formula is C21H27N7. The molecular weight excluding hydrogens is 350 g/mol. The second-order valence-corrected chi connectivity index (χ2v) is 7.33. The number of guanidine groups is 1. The fourth-order valence-electron chi connectivity index (χ4n) is 3.74. The number of nitrogens with one attached hydrogen (secondary N) is 1. The Morgan fingerprint density at radius 1 is 1.25 bits per heavy atom. The van der Waals surface area contributed by atoms with Gasteiger partial charge in [0.05, 0.1) is 12.5 Å². The Morgan fingerprint density at radius 2 is 2.07 bits per heavy atom. The molecule has 0 aliphatic carbocycles. The molecule has 0 radical (unpaired) electrons. The molecule has 1 saturated heterocycles. The van der Waals surface area contributed by atoms with Crippen molar-refractivity contribution in [2.45, 2.75) is 25.4 Å². The molecule has 1 aromatic carbocycles. The van der Waals surface area contributed by atoms with Gasteiger partial charge in [0, 0.05) is 64.8 Å². The number of hydrogen-bond donors (Lipinski definition) is 1. The van der Waals surface area contributed by atoms with E-state index in [9.17, 15) is 0 Å².